The zero-order valence-electron chi connectivity index (χ0n) is 23.8. The molecule has 0 bridgehead atoms. The zero-order valence-corrected chi connectivity index (χ0v) is 23.8. The second kappa shape index (κ2) is 11.8. The summed E-state index contributed by atoms with van der Waals surface area (Å²) in [6.45, 7) is 0. The maximum atomic E-state index is 15.9. The van der Waals surface area contributed by atoms with Crippen LogP contribution in [-0.4, -0.2) is 0 Å². The first-order valence-corrected chi connectivity index (χ1v) is 14.3. The fourth-order valence-electron chi connectivity index (χ4n) is 5.20. The fraction of sp³-hybridized carbons (Fsp3) is 0. The van der Waals surface area contributed by atoms with E-state index in [2.05, 4.69) is 35.5 Å². The first-order chi connectivity index (χ1) is 22.0. The van der Waals surface area contributed by atoms with Gasteiger partial charge >= 0.3 is 0 Å². The van der Waals surface area contributed by atoms with Crippen LogP contribution in [0.2, 0.25) is 0 Å². The number of hydrogen-bond acceptors (Lipinski definition) is 0. The van der Waals surface area contributed by atoms with E-state index in [0.29, 0.717) is 16.7 Å². The van der Waals surface area contributed by atoms with E-state index >= 15 is 13.2 Å². The van der Waals surface area contributed by atoms with Gasteiger partial charge in [-0.05, 0) is 68.7 Å². The van der Waals surface area contributed by atoms with Crippen molar-refractivity contribution in [2.75, 3.05) is 0 Å². The van der Waals surface area contributed by atoms with Gasteiger partial charge in [0.15, 0.2) is 17.5 Å². The van der Waals surface area contributed by atoms with E-state index in [1.54, 1.807) is 18.2 Å². The largest absolute Gasteiger partial charge is 0.204 e. The van der Waals surface area contributed by atoms with E-state index in [0.717, 1.165) is 32.3 Å². The van der Waals surface area contributed by atoms with Gasteiger partial charge in [-0.25, -0.2) is 13.2 Å². The molecule has 0 unspecified atom stereocenters. The minimum Gasteiger partial charge on any atom is -0.204 e. The Bertz CT molecular complexity index is 2190. The summed E-state index contributed by atoms with van der Waals surface area (Å²) < 4.78 is 47.7. The van der Waals surface area contributed by atoms with Crippen LogP contribution in [-0.2, 0) is 0 Å². The molecule has 0 nitrogen and oxygen atoms in total. The van der Waals surface area contributed by atoms with E-state index in [1.165, 1.54) is 0 Å². The molecule has 0 aromatic heterocycles. The fourth-order valence-corrected chi connectivity index (χ4v) is 5.20. The first-order valence-electron chi connectivity index (χ1n) is 14.3. The van der Waals surface area contributed by atoms with Gasteiger partial charge in [0.2, 0.25) is 0 Å². The Morgan fingerprint density at radius 1 is 0.289 bits per heavy atom. The van der Waals surface area contributed by atoms with Crippen molar-refractivity contribution >= 4 is 32.3 Å². The summed E-state index contributed by atoms with van der Waals surface area (Å²) >= 11 is 0. The highest BCUT2D eigenvalue weighted by molar-refractivity contribution is 5.85. The molecule has 0 spiro atoms. The predicted molar refractivity (Wildman–Crippen MR) is 176 cm³/mol. The number of hydrogen-bond donors (Lipinski definition) is 0. The molecule has 0 aliphatic heterocycles. The third kappa shape index (κ3) is 5.62. The van der Waals surface area contributed by atoms with Crippen LogP contribution in [0.5, 0.6) is 0 Å². The molecule has 7 aromatic carbocycles. The summed E-state index contributed by atoms with van der Waals surface area (Å²) in [5.41, 5.74) is -0.0844. The summed E-state index contributed by atoms with van der Waals surface area (Å²) in [6.07, 6.45) is 0. The van der Waals surface area contributed by atoms with Crippen molar-refractivity contribution in [2.24, 2.45) is 0 Å². The van der Waals surface area contributed by atoms with Crippen molar-refractivity contribution in [3.05, 3.63) is 178 Å². The highest BCUT2D eigenvalue weighted by Crippen LogP contribution is 2.25. The van der Waals surface area contributed by atoms with E-state index in [-0.39, 0.29) is 0 Å². The molecule has 0 radical (unpaired) electrons. The molecule has 210 valence electrons. The number of rotatable bonds is 0. The molecular weight excluding hydrogens is 561 g/mol. The molecule has 7 rings (SSSR count). The standard InChI is InChI=1S/C42H21F3/c43-40-37(22-16-28-13-19-31-7-1-4-10-34(31)25-28)41(44)39(24-18-30-15-21-33-9-3-6-12-36(33)27-30)42(45)38(40)23-17-29-14-20-32-8-2-5-11-35(32)26-29/h1-15,19-21,25-27H. The first kappa shape index (κ1) is 27.6. The summed E-state index contributed by atoms with van der Waals surface area (Å²) in [5, 5.41) is 5.86. The van der Waals surface area contributed by atoms with Gasteiger partial charge < -0.3 is 0 Å². The van der Waals surface area contributed by atoms with Gasteiger partial charge in [-0.2, -0.15) is 0 Å². The molecule has 7 aromatic rings. The van der Waals surface area contributed by atoms with Crippen molar-refractivity contribution in [1.82, 2.24) is 0 Å². The molecule has 0 atom stereocenters. The zero-order chi connectivity index (χ0) is 30.8. The highest BCUT2D eigenvalue weighted by atomic mass is 19.1. The van der Waals surface area contributed by atoms with Gasteiger partial charge in [-0.15, -0.1) is 0 Å². The minimum absolute atomic E-state index is 0.560. The summed E-state index contributed by atoms with van der Waals surface area (Å²) in [5.74, 6) is 12.9. The molecule has 0 heterocycles. The van der Waals surface area contributed by atoms with Crippen LogP contribution >= 0.6 is 0 Å². The van der Waals surface area contributed by atoms with Crippen LogP contribution in [0.1, 0.15) is 33.4 Å². The van der Waals surface area contributed by atoms with Crippen LogP contribution in [0.15, 0.2) is 127 Å². The molecule has 45 heavy (non-hydrogen) atoms. The van der Waals surface area contributed by atoms with Crippen LogP contribution in [0.4, 0.5) is 13.2 Å². The van der Waals surface area contributed by atoms with E-state index in [1.807, 2.05) is 109 Å². The lowest BCUT2D eigenvalue weighted by Crippen LogP contribution is -2.04. The normalized spacial score (nSPS) is 10.5. The van der Waals surface area contributed by atoms with Gasteiger partial charge in [-0.3, -0.25) is 0 Å². The topological polar surface area (TPSA) is 0 Å². The van der Waals surface area contributed by atoms with Crippen LogP contribution in [0, 0.1) is 53.0 Å². The number of benzene rings is 7. The Labute approximate surface area is 258 Å². The maximum absolute atomic E-state index is 15.9. The van der Waals surface area contributed by atoms with Gasteiger partial charge in [0.05, 0.1) is 16.7 Å². The SMILES string of the molecule is Fc1c(C#Cc2ccc3ccccc3c2)c(F)c(C#Cc2ccc3ccccc3c2)c(F)c1C#Cc1ccc2ccccc2c1. The summed E-state index contributed by atoms with van der Waals surface area (Å²) in [7, 11) is 0. The van der Waals surface area contributed by atoms with Gasteiger partial charge in [0.1, 0.15) is 0 Å². The average molecular weight is 583 g/mol. The third-order valence-electron chi connectivity index (χ3n) is 7.56. The number of fused-ring (bicyclic) bond motifs is 3. The second-order valence-corrected chi connectivity index (χ2v) is 10.5. The Morgan fingerprint density at radius 3 is 0.844 bits per heavy atom. The maximum Gasteiger partial charge on any atom is 0.160 e. The van der Waals surface area contributed by atoms with Crippen molar-refractivity contribution in [1.29, 1.82) is 0 Å². The quantitative estimate of drug-likeness (QED) is 0.156. The Hall–Kier alpha value is -6.21. The van der Waals surface area contributed by atoms with Crippen molar-refractivity contribution in [2.45, 2.75) is 0 Å². The Kier molecular flexibility index (Phi) is 7.25. The lowest BCUT2D eigenvalue weighted by atomic mass is 10.0. The van der Waals surface area contributed by atoms with Gasteiger partial charge in [-0.1, -0.05) is 127 Å². The average Bonchev–Trinajstić information content (AvgIpc) is 3.08. The van der Waals surface area contributed by atoms with Crippen LogP contribution in [0.25, 0.3) is 32.3 Å². The van der Waals surface area contributed by atoms with Crippen molar-refractivity contribution in [3.63, 3.8) is 0 Å². The molecular formula is C42H21F3. The molecule has 0 fully saturated rings. The van der Waals surface area contributed by atoms with E-state index in [9.17, 15) is 0 Å². The van der Waals surface area contributed by atoms with Crippen LogP contribution < -0.4 is 0 Å². The Morgan fingerprint density at radius 2 is 0.556 bits per heavy atom. The van der Waals surface area contributed by atoms with Gasteiger partial charge in [0.25, 0.3) is 0 Å². The van der Waals surface area contributed by atoms with Crippen molar-refractivity contribution in [3.8, 4) is 35.5 Å². The molecule has 0 aliphatic carbocycles. The predicted octanol–water partition coefficient (Wildman–Crippen LogP) is 9.76. The molecule has 0 aliphatic rings. The summed E-state index contributed by atoms with van der Waals surface area (Å²) in [6, 6.07) is 39.7. The minimum atomic E-state index is -1.16. The molecule has 3 heteroatoms. The molecule has 0 saturated heterocycles. The molecule has 0 amide bonds. The van der Waals surface area contributed by atoms with Crippen molar-refractivity contribution < 1.29 is 13.2 Å². The Balaban J connectivity index is 1.37. The van der Waals surface area contributed by atoms with Gasteiger partial charge in [0, 0.05) is 16.7 Å². The lowest BCUT2D eigenvalue weighted by Gasteiger charge is -2.07. The molecule has 0 saturated carbocycles. The number of halogens is 3. The monoisotopic (exact) mass is 582 g/mol. The summed E-state index contributed by atoms with van der Waals surface area (Å²) in [4.78, 5) is 0. The second-order valence-electron chi connectivity index (χ2n) is 10.5. The van der Waals surface area contributed by atoms with E-state index < -0.39 is 34.1 Å². The smallest absolute Gasteiger partial charge is 0.160 e. The van der Waals surface area contributed by atoms with E-state index in [4.69, 9.17) is 0 Å². The third-order valence-corrected chi connectivity index (χ3v) is 7.56. The molecule has 0 N–H and O–H groups in total. The highest BCUT2D eigenvalue weighted by Gasteiger charge is 2.23. The van der Waals surface area contributed by atoms with Crippen LogP contribution in [0.3, 0.4) is 0 Å². The lowest BCUT2D eigenvalue weighted by molar-refractivity contribution is 0.531.